The zero-order valence-electron chi connectivity index (χ0n) is 9.63. The Morgan fingerprint density at radius 1 is 1.20 bits per heavy atom. The highest BCUT2D eigenvalue weighted by atomic mass is 32.2. The van der Waals surface area contributed by atoms with Crippen LogP contribution in [0, 0.1) is 11.6 Å². The van der Waals surface area contributed by atoms with Gasteiger partial charge in [0.1, 0.15) is 27.1 Å². The Morgan fingerprint density at radius 2 is 1.80 bits per heavy atom. The summed E-state index contributed by atoms with van der Waals surface area (Å²) in [6.45, 7) is 0. The van der Waals surface area contributed by atoms with Crippen molar-refractivity contribution in [2.24, 2.45) is 0 Å². The zero-order valence-corrected chi connectivity index (χ0v) is 11.3. The maximum Gasteiger partial charge on any atom is 0.347 e. The Balaban J connectivity index is 2.47. The molecule has 1 aromatic carbocycles. The Bertz CT molecular complexity index is 750. The maximum absolute atomic E-state index is 13.4. The summed E-state index contributed by atoms with van der Waals surface area (Å²) in [6, 6.07) is 3.89. The summed E-state index contributed by atoms with van der Waals surface area (Å²) in [7, 11) is -4.39. The van der Waals surface area contributed by atoms with Gasteiger partial charge in [0.2, 0.25) is 0 Å². The second kappa shape index (κ2) is 5.17. The van der Waals surface area contributed by atoms with E-state index in [-0.39, 0.29) is 0 Å². The highest BCUT2D eigenvalue weighted by Crippen LogP contribution is 2.26. The smallest absolute Gasteiger partial charge is 0.347 e. The molecule has 0 aliphatic rings. The zero-order chi connectivity index (χ0) is 14.9. The average Bonchev–Trinajstić information content (AvgIpc) is 2.84. The van der Waals surface area contributed by atoms with Gasteiger partial charge in [-0.25, -0.2) is 22.0 Å². The van der Waals surface area contributed by atoms with Gasteiger partial charge >= 0.3 is 5.97 Å². The minimum absolute atomic E-state index is 0.436. The number of halogens is 2. The number of thiophene rings is 1. The summed E-state index contributed by atoms with van der Waals surface area (Å²) < 4.78 is 52.5. The molecule has 0 aliphatic carbocycles. The second-order valence-electron chi connectivity index (χ2n) is 3.62. The minimum Gasteiger partial charge on any atom is -0.477 e. The number of hydrogen-bond donors (Lipinski definition) is 2. The van der Waals surface area contributed by atoms with Gasteiger partial charge in [0.25, 0.3) is 10.0 Å². The molecule has 2 N–H and O–H groups in total. The average molecular weight is 319 g/mol. The molecule has 0 saturated heterocycles. The molecular formula is C11H7F2NO4S2. The second-order valence-corrected chi connectivity index (χ2v) is 6.19. The molecule has 0 fully saturated rings. The summed E-state index contributed by atoms with van der Waals surface area (Å²) in [6.07, 6.45) is 0. The van der Waals surface area contributed by atoms with Gasteiger partial charge in [-0.3, -0.25) is 4.72 Å². The van der Waals surface area contributed by atoms with Crippen LogP contribution in [0.4, 0.5) is 14.5 Å². The van der Waals surface area contributed by atoms with Crippen molar-refractivity contribution in [2.75, 3.05) is 4.72 Å². The number of carbonyl (C=O) groups is 1. The lowest BCUT2D eigenvalue weighted by atomic mass is 10.3. The molecule has 0 bridgehead atoms. The fourth-order valence-electron chi connectivity index (χ4n) is 1.45. The van der Waals surface area contributed by atoms with Crippen LogP contribution < -0.4 is 4.72 Å². The van der Waals surface area contributed by atoms with E-state index in [1.807, 2.05) is 0 Å². The molecule has 5 nitrogen and oxygen atoms in total. The van der Waals surface area contributed by atoms with Crippen LogP contribution in [0.1, 0.15) is 9.67 Å². The fourth-order valence-corrected chi connectivity index (χ4v) is 3.79. The first kappa shape index (κ1) is 14.4. The normalized spacial score (nSPS) is 11.3. The largest absolute Gasteiger partial charge is 0.477 e. The predicted octanol–water partition coefficient (Wildman–Crippen LogP) is 2.53. The van der Waals surface area contributed by atoms with Crippen molar-refractivity contribution in [1.29, 1.82) is 0 Å². The van der Waals surface area contributed by atoms with E-state index in [2.05, 4.69) is 0 Å². The molecule has 1 aromatic heterocycles. The van der Waals surface area contributed by atoms with Gasteiger partial charge in [-0.15, -0.1) is 11.3 Å². The Kier molecular flexibility index (Phi) is 3.73. The van der Waals surface area contributed by atoms with E-state index in [1.165, 1.54) is 5.38 Å². The van der Waals surface area contributed by atoms with Crippen LogP contribution in [0.2, 0.25) is 0 Å². The number of rotatable bonds is 4. The van der Waals surface area contributed by atoms with Crippen molar-refractivity contribution in [3.8, 4) is 0 Å². The van der Waals surface area contributed by atoms with Crippen molar-refractivity contribution in [3.05, 3.63) is 46.2 Å². The van der Waals surface area contributed by atoms with E-state index in [0.29, 0.717) is 11.3 Å². The molecule has 2 aromatic rings. The molecule has 1 heterocycles. The molecule has 0 unspecified atom stereocenters. The molecule has 9 heteroatoms. The van der Waals surface area contributed by atoms with Gasteiger partial charge in [-0.2, -0.15) is 0 Å². The van der Waals surface area contributed by atoms with Crippen LogP contribution in [0.3, 0.4) is 0 Å². The van der Waals surface area contributed by atoms with Crippen molar-refractivity contribution >= 4 is 33.0 Å². The highest BCUT2D eigenvalue weighted by Gasteiger charge is 2.25. The number of para-hydroxylation sites is 1. The third-order valence-corrected chi connectivity index (χ3v) is 4.74. The summed E-state index contributed by atoms with van der Waals surface area (Å²) in [5, 5.41) is 10.1. The molecule has 106 valence electrons. The first-order valence-electron chi connectivity index (χ1n) is 5.10. The van der Waals surface area contributed by atoms with Crippen molar-refractivity contribution < 1.29 is 27.1 Å². The molecule has 0 amide bonds. The van der Waals surface area contributed by atoms with Crippen LogP contribution in [0.15, 0.2) is 34.5 Å². The number of anilines is 1. The standard InChI is InChI=1S/C11H7F2NO4S2/c12-6-2-1-3-7(13)9(6)14-20(17,18)8-4-5-19-10(8)11(15)16/h1-5,14H,(H,15,16). The Hall–Kier alpha value is -2.00. The summed E-state index contributed by atoms with van der Waals surface area (Å²) >= 11 is 0.697. The molecular weight excluding hydrogens is 312 g/mol. The molecule has 20 heavy (non-hydrogen) atoms. The summed E-state index contributed by atoms with van der Waals surface area (Å²) in [5.41, 5.74) is -0.852. The summed E-state index contributed by atoms with van der Waals surface area (Å²) in [4.78, 5) is 9.91. The first-order chi connectivity index (χ1) is 9.33. The Morgan fingerprint density at radius 3 is 2.35 bits per heavy atom. The van der Waals surface area contributed by atoms with Crippen molar-refractivity contribution in [2.45, 2.75) is 4.90 Å². The lowest BCUT2D eigenvalue weighted by Gasteiger charge is -2.09. The van der Waals surface area contributed by atoms with Gasteiger partial charge in [-0.1, -0.05) is 6.07 Å². The molecule has 0 atom stereocenters. The van der Waals surface area contributed by atoms with Crippen molar-refractivity contribution in [1.82, 2.24) is 0 Å². The number of hydrogen-bond acceptors (Lipinski definition) is 4. The highest BCUT2D eigenvalue weighted by molar-refractivity contribution is 7.93. The molecule has 0 spiro atoms. The number of sulfonamides is 1. The van der Waals surface area contributed by atoms with Gasteiger partial charge in [-0.05, 0) is 23.6 Å². The van der Waals surface area contributed by atoms with E-state index in [4.69, 9.17) is 5.11 Å². The van der Waals surface area contributed by atoms with E-state index < -0.39 is 43.1 Å². The van der Waals surface area contributed by atoms with E-state index >= 15 is 0 Å². The minimum atomic E-state index is -4.39. The van der Waals surface area contributed by atoms with Crippen LogP contribution in [-0.4, -0.2) is 19.5 Å². The SMILES string of the molecule is O=C(O)c1sccc1S(=O)(=O)Nc1c(F)cccc1F. The lowest BCUT2D eigenvalue weighted by Crippen LogP contribution is -2.17. The van der Waals surface area contributed by atoms with Gasteiger partial charge in [0, 0.05) is 0 Å². The lowest BCUT2D eigenvalue weighted by molar-refractivity contribution is 0.0698. The fraction of sp³-hybridized carbons (Fsp3) is 0. The number of carboxylic acid groups (broad SMARTS) is 1. The Labute approximate surface area is 116 Å². The van der Waals surface area contributed by atoms with Crippen LogP contribution in [-0.2, 0) is 10.0 Å². The molecule has 0 saturated carbocycles. The maximum atomic E-state index is 13.4. The topological polar surface area (TPSA) is 83.5 Å². The number of carboxylic acids is 1. The monoisotopic (exact) mass is 319 g/mol. The van der Waals surface area contributed by atoms with Crippen LogP contribution in [0.25, 0.3) is 0 Å². The van der Waals surface area contributed by atoms with Crippen LogP contribution in [0.5, 0.6) is 0 Å². The van der Waals surface area contributed by atoms with E-state index in [0.717, 1.165) is 24.3 Å². The third-order valence-electron chi connectivity index (χ3n) is 2.31. The molecule has 2 rings (SSSR count). The summed E-state index contributed by atoms with van der Waals surface area (Å²) in [5.74, 6) is -3.63. The first-order valence-corrected chi connectivity index (χ1v) is 7.47. The van der Waals surface area contributed by atoms with E-state index in [9.17, 15) is 22.0 Å². The predicted molar refractivity (Wildman–Crippen MR) is 68.4 cm³/mol. The van der Waals surface area contributed by atoms with Crippen molar-refractivity contribution in [3.63, 3.8) is 0 Å². The number of aromatic carboxylic acids is 1. The number of nitrogens with one attached hydrogen (secondary N) is 1. The van der Waals surface area contributed by atoms with Gasteiger partial charge in [0.15, 0.2) is 0 Å². The van der Waals surface area contributed by atoms with Gasteiger partial charge < -0.3 is 5.11 Å². The van der Waals surface area contributed by atoms with E-state index in [1.54, 1.807) is 4.72 Å². The van der Waals surface area contributed by atoms with Gasteiger partial charge in [0.05, 0.1) is 0 Å². The molecule has 0 aliphatic heterocycles. The molecule has 0 radical (unpaired) electrons. The quantitative estimate of drug-likeness (QED) is 0.907. The van der Waals surface area contributed by atoms with Crippen LogP contribution >= 0.6 is 11.3 Å². The third kappa shape index (κ3) is 2.63. The number of benzene rings is 1.